The van der Waals surface area contributed by atoms with Crippen LogP contribution in [-0.2, 0) is 19.6 Å². The highest BCUT2D eigenvalue weighted by atomic mass is 32.2. The summed E-state index contributed by atoms with van der Waals surface area (Å²) in [4.78, 5) is 27.8. The lowest BCUT2D eigenvalue weighted by Crippen LogP contribution is -2.41. The molecule has 1 N–H and O–H groups in total. The van der Waals surface area contributed by atoms with E-state index in [0.29, 0.717) is 49.0 Å². The number of anilines is 2. The van der Waals surface area contributed by atoms with Gasteiger partial charge in [-0.1, -0.05) is 18.2 Å². The summed E-state index contributed by atoms with van der Waals surface area (Å²) in [6.45, 7) is 3.90. The Kier molecular flexibility index (Phi) is 6.57. The van der Waals surface area contributed by atoms with Gasteiger partial charge in [-0.2, -0.15) is 0 Å². The molecular weight excluding hydrogens is 446 g/mol. The van der Waals surface area contributed by atoms with E-state index in [1.165, 1.54) is 4.31 Å². The molecule has 4 rings (SSSR count). The van der Waals surface area contributed by atoms with Crippen molar-refractivity contribution in [2.75, 3.05) is 48.7 Å². The van der Waals surface area contributed by atoms with Gasteiger partial charge in [-0.25, -0.2) is 8.42 Å². The fourth-order valence-electron chi connectivity index (χ4n) is 3.95. The first-order valence-corrected chi connectivity index (χ1v) is 12.6. The Labute approximate surface area is 193 Å². The number of rotatable bonds is 4. The number of hydrogen-bond acceptors (Lipinski definition) is 6. The molecule has 2 aromatic rings. The number of amides is 2. The molecule has 2 aliphatic heterocycles. The van der Waals surface area contributed by atoms with Gasteiger partial charge in [0.2, 0.25) is 10.0 Å². The van der Waals surface area contributed by atoms with Crippen molar-refractivity contribution < 1.29 is 27.5 Å². The molecule has 2 aromatic carbocycles. The van der Waals surface area contributed by atoms with E-state index in [-0.39, 0.29) is 18.9 Å². The zero-order chi connectivity index (χ0) is 23.6. The first-order valence-electron chi connectivity index (χ1n) is 10.8. The van der Waals surface area contributed by atoms with E-state index in [2.05, 4.69) is 5.32 Å². The third-order valence-corrected chi connectivity index (χ3v) is 6.83. The number of carbonyl (C=O) groups is 2. The molecule has 2 aliphatic rings. The van der Waals surface area contributed by atoms with E-state index < -0.39 is 22.0 Å². The SMILES string of the molecule is Cc1ccc2c(c1)N(S(C)(=O)=O)CC[C@H](C(=O)Nc1ccccc1C(=O)N1CCOCC1)O2. The molecule has 10 heteroatoms. The zero-order valence-electron chi connectivity index (χ0n) is 18.6. The number of fused-ring (bicyclic) bond motifs is 1. The van der Waals surface area contributed by atoms with Crippen molar-refractivity contribution in [3.05, 3.63) is 53.6 Å². The average Bonchev–Trinajstić information content (AvgIpc) is 2.99. The van der Waals surface area contributed by atoms with Crippen LogP contribution in [0, 0.1) is 6.92 Å². The number of nitrogens with zero attached hydrogens (tertiary/aromatic N) is 2. The summed E-state index contributed by atoms with van der Waals surface area (Å²) >= 11 is 0. The highest BCUT2D eigenvalue weighted by Crippen LogP contribution is 2.35. The minimum atomic E-state index is -3.56. The van der Waals surface area contributed by atoms with Gasteiger partial charge < -0.3 is 19.7 Å². The molecule has 1 fully saturated rings. The number of para-hydroxylation sites is 1. The summed E-state index contributed by atoms with van der Waals surface area (Å²) in [6.07, 6.45) is 0.365. The van der Waals surface area contributed by atoms with E-state index in [1.807, 2.05) is 6.92 Å². The number of morpholine rings is 1. The Morgan fingerprint density at radius 2 is 1.79 bits per heavy atom. The van der Waals surface area contributed by atoms with Crippen LogP contribution in [0.5, 0.6) is 5.75 Å². The van der Waals surface area contributed by atoms with E-state index >= 15 is 0 Å². The largest absolute Gasteiger partial charge is 0.478 e. The molecule has 1 atom stereocenters. The van der Waals surface area contributed by atoms with Crippen LogP contribution >= 0.6 is 0 Å². The molecule has 0 bridgehead atoms. The highest BCUT2D eigenvalue weighted by Gasteiger charge is 2.32. The van der Waals surface area contributed by atoms with Crippen molar-refractivity contribution in [1.82, 2.24) is 4.90 Å². The minimum absolute atomic E-state index is 0.0989. The number of ether oxygens (including phenoxy) is 2. The summed E-state index contributed by atoms with van der Waals surface area (Å²) in [6, 6.07) is 12.0. The molecule has 9 nitrogen and oxygen atoms in total. The zero-order valence-corrected chi connectivity index (χ0v) is 19.4. The van der Waals surface area contributed by atoms with Gasteiger partial charge in [0.05, 0.1) is 36.4 Å². The number of nitrogens with one attached hydrogen (secondary N) is 1. The molecule has 1 saturated heterocycles. The third kappa shape index (κ3) is 5.12. The maximum absolute atomic E-state index is 13.2. The second kappa shape index (κ2) is 9.40. The third-order valence-electron chi connectivity index (χ3n) is 5.65. The predicted octanol–water partition coefficient (Wildman–Crippen LogP) is 2.02. The number of benzene rings is 2. The van der Waals surface area contributed by atoms with Crippen molar-refractivity contribution in [2.45, 2.75) is 19.4 Å². The van der Waals surface area contributed by atoms with E-state index in [9.17, 15) is 18.0 Å². The molecule has 33 heavy (non-hydrogen) atoms. The molecular formula is C23H27N3O6S. The monoisotopic (exact) mass is 473 g/mol. The highest BCUT2D eigenvalue weighted by molar-refractivity contribution is 7.92. The van der Waals surface area contributed by atoms with E-state index in [0.717, 1.165) is 11.8 Å². The van der Waals surface area contributed by atoms with Crippen molar-refractivity contribution in [2.24, 2.45) is 0 Å². The van der Waals surface area contributed by atoms with Crippen LogP contribution in [-0.4, -0.2) is 70.3 Å². The molecule has 176 valence electrons. The molecule has 0 unspecified atom stereocenters. The maximum atomic E-state index is 13.2. The molecule has 0 aliphatic carbocycles. The van der Waals surface area contributed by atoms with Crippen LogP contribution in [0.3, 0.4) is 0 Å². The van der Waals surface area contributed by atoms with Crippen molar-refractivity contribution in [3.8, 4) is 5.75 Å². The fourth-order valence-corrected chi connectivity index (χ4v) is 4.88. The van der Waals surface area contributed by atoms with E-state index in [1.54, 1.807) is 47.4 Å². The quantitative estimate of drug-likeness (QED) is 0.729. The number of aryl methyl sites for hydroxylation is 1. The minimum Gasteiger partial charge on any atom is -0.478 e. The van der Waals surface area contributed by atoms with Gasteiger partial charge in [-0.15, -0.1) is 0 Å². The topological polar surface area (TPSA) is 105 Å². The van der Waals surface area contributed by atoms with Crippen LogP contribution in [0.15, 0.2) is 42.5 Å². The summed E-state index contributed by atoms with van der Waals surface area (Å²) in [5, 5.41) is 2.81. The lowest BCUT2D eigenvalue weighted by Gasteiger charge is -2.27. The standard InChI is InChI=1S/C23H27N3O6S/c1-16-7-8-20-19(15-16)26(33(2,29)30)10-9-21(32-20)22(27)24-18-6-4-3-5-17(18)23(28)25-11-13-31-14-12-25/h3-8,15,21H,9-14H2,1-2H3,(H,24,27)/t21-/m1/s1. The van der Waals surface area contributed by atoms with Gasteiger partial charge in [0, 0.05) is 26.1 Å². The lowest BCUT2D eigenvalue weighted by molar-refractivity contribution is -0.122. The molecule has 0 radical (unpaired) electrons. The number of carbonyl (C=O) groups excluding carboxylic acids is 2. The Hall–Kier alpha value is -3.11. The smallest absolute Gasteiger partial charge is 0.265 e. The first-order chi connectivity index (χ1) is 15.7. The molecule has 0 aromatic heterocycles. The Morgan fingerprint density at radius 3 is 2.52 bits per heavy atom. The average molecular weight is 474 g/mol. The second-order valence-electron chi connectivity index (χ2n) is 8.14. The van der Waals surface area contributed by atoms with Crippen LogP contribution in [0.1, 0.15) is 22.3 Å². The van der Waals surface area contributed by atoms with Crippen molar-refractivity contribution in [3.63, 3.8) is 0 Å². The second-order valence-corrected chi connectivity index (χ2v) is 10.0. The summed E-state index contributed by atoms with van der Waals surface area (Å²) in [5.41, 5.74) is 2.06. The predicted molar refractivity (Wildman–Crippen MR) is 124 cm³/mol. The molecule has 0 saturated carbocycles. The summed E-state index contributed by atoms with van der Waals surface area (Å²) < 4.78 is 37.3. The van der Waals surface area contributed by atoms with Crippen LogP contribution in [0.4, 0.5) is 11.4 Å². The van der Waals surface area contributed by atoms with Gasteiger partial charge in [0.1, 0.15) is 5.75 Å². The Bertz CT molecular complexity index is 1160. The van der Waals surface area contributed by atoms with Gasteiger partial charge in [-0.3, -0.25) is 13.9 Å². The Morgan fingerprint density at radius 1 is 1.06 bits per heavy atom. The maximum Gasteiger partial charge on any atom is 0.265 e. The number of hydrogen-bond donors (Lipinski definition) is 1. The fraction of sp³-hybridized carbons (Fsp3) is 0.391. The molecule has 2 amide bonds. The molecule has 0 spiro atoms. The van der Waals surface area contributed by atoms with Gasteiger partial charge in [0.25, 0.3) is 11.8 Å². The van der Waals surface area contributed by atoms with Crippen LogP contribution in [0.2, 0.25) is 0 Å². The molecule has 2 heterocycles. The summed E-state index contributed by atoms with van der Waals surface area (Å²) in [5.74, 6) is -0.305. The van der Waals surface area contributed by atoms with Crippen LogP contribution < -0.4 is 14.4 Å². The summed E-state index contributed by atoms with van der Waals surface area (Å²) in [7, 11) is -3.56. The number of sulfonamides is 1. The van der Waals surface area contributed by atoms with Crippen LogP contribution in [0.25, 0.3) is 0 Å². The normalized spacial score (nSPS) is 18.7. The lowest BCUT2D eigenvalue weighted by atomic mass is 10.1. The van der Waals surface area contributed by atoms with Gasteiger partial charge in [0.15, 0.2) is 6.10 Å². The first kappa shape index (κ1) is 23.1. The van der Waals surface area contributed by atoms with Crippen molar-refractivity contribution >= 4 is 33.2 Å². The van der Waals surface area contributed by atoms with Gasteiger partial charge in [-0.05, 0) is 36.8 Å². The van der Waals surface area contributed by atoms with Crippen molar-refractivity contribution in [1.29, 1.82) is 0 Å². The Balaban J connectivity index is 1.56. The van der Waals surface area contributed by atoms with E-state index in [4.69, 9.17) is 9.47 Å². The van der Waals surface area contributed by atoms with Gasteiger partial charge >= 0.3 is 0 Å².